The van der Waals surface area contributed by atoms with E-state index in [4.69, 9.17) is 16.6 Å². The molecule has 124 valence electrons. The van der Waals surface area contributed by atoms with Gasteiger partial charge >= 0.3 is 0 Å². The zero-order chi connectivity index (χ0) is 17.4. The van der Waals surface area contributed by atoms with Crippen molar-refractivity contribution >= 4 is 39.5 Å². The summed E-state index contributed by atoms with van der Waals surface area (Å²) in [5, 5.41) is 1.87. The molecule has 0 aliphatic carbocycles. The first-order valence-corrected chi connectivity index (χ1v) is 8.95. The Bertz CT molecular complexity index is 859. The van der Waals surface area contributed by atoms with Gasteiger partial charge in [-0.05, 0) is 38.5 Å². The summed E-state index contributed by atoms with van der Waals surface area (Å²) in [6.45, 7) is 11.1. The van der Waals surface area contributed by atoms with Crippen molar-refractivity contribution in [3.05, 3.63) is 63.1 Å². The van der Waals surface area contributed by atoms with Gasteiger partial charge in [-0.1, -0.05) is 30.3 Å². The number of benzene rings is 1. The van der Waals surface area contributed by atoms with Crippen LogP contribution in [0.3, 0.4) is 0 Å². The predicted molar refractivity (Wildman–Crippen MR) is 106 cm³/mol. The van der Waals surface area contributed by atoms with Crippen LogP contribution in [-0.4, -0.2) is 25.1 Å². The lowest BCUT2D eigenvalue weighted by Gasteiger charge is -2.23. The Morgan fingerprint density at radius 1 is 1.29 bits per heavy atom. The number of thiophene rings is 1. The first kappa shape index (κ1) is 16.9. The van der Waals surface area contributed by atoms with Gasteiger partial charge in [0, 0.05) is 33.8 Å². The summed E-state index contributed by atoms with van der Waals surface area (Å²) in [7, 11) is 1.81. The molecule has 0 spiro atoms. The highest BCUT2D eigenvalue weighted by Crippen LogP contribution is 2.40. The molecule has 0 unspecified atom stereocenters. The number of anilines is 1. The van der Waals surface area contributed by atoms with Gasteiger partial charge in [-0.3, -0.25) is 14.9 Å². The molecular weight excluding hydrogens is 338 g/mol. The minimum absolute atomic E-state index is 0.546. The molecular formula is C19H20ClN3S. The highest BCUT2D eigenvalue weighted by Gasteiger charge is 2.28. The molecule has 0 saturated heterocycles. The zero-order valence-electron chi connectivity index (χ0n) is 14.4. The van der Waals surface area contributed by atoms with Crippen LogP contribution in [0.15, 0.2) is 46.5 Å². The first-order chi connectivity index (χ1) is 11.4. The summed E-state index contributed by atoms with van der Waals surface area (Å²) in [6.07, 6.45) is 0. The molecule has 3 nitrogen and oxygen atoms in total. The smallest absolute Gasteiger partial charge is 0.111 e. The Morgan fingerprint density at radius 3 is 2.58 bits per heavy atom. The Morgan fingerprint density at radius 2 is 1.96 bits per heavy atom. The lowest BCUT2D eigenvalue weighted by molar-refractivity contribution is 1.09. The second kappa shape index (κ2) is 6.54. The third-order valence-corrected chi connectivity index (χ3v) is 5.75. The summed E-state index contributed by atoms with van der Waals surface area (Å²) >= 11 is 7.81. The fourth-order valence-electron chi connectivity index (χ4n) is 2.83. The number of nitrogens with zero attached hydrogens (tertiary/aromatic N) is 3. The molecule has 0 N–H and O–H groups in total. The van der Waals surface area contributed by atoms with E-state index >= 15 is 0 Å². The predicted octanol–water partition coefficient (Wildman–Crippen LogP) is 5.24. The minimum atomic E-state index is 0.546. The second-order valence-electron chi connectivity index (χ2n) is 5.81. The molecule has 1 aliphatic heterocycles. The minimum Gasteiger partial charge on any atom is -0.292 e. The van der Waals surface area contributed by atoms with Crippen molar-refractivity contribution in [2.45, 2.75) is 20.8 Å². The molecule has 5 heteroatoms. The van der Waals surface area contributed by atoms with Crippen LogP contribution in [0.4, 0.5) is 5.00 Å². The molecule has 1 aliphatic rings. The number of halogens is 1. The molecule has 1 aromatic carbocycles. The maximum Gasteiger partial charge on any atom is 0.111 e. The van der Waals surface area contributed by atoms with Gasteiger partial charge in [0.1, 0.15) is 10.8 Å². The quantitative estimate of drug-likeness (QED) is 0.506. The van der Waals surface area contributed by atoms with Gasteiger partial charge in [0.15, 0.2) is 0 Å². The average molecular weight is 358 g/mol. The third kappa shape index (κ3) is 2.80. The van der Waals surface area contributed by atoms with Crippen LogP contribution < -0.4 is 4.90 Å². The summed E-state index contributed by atoms with van der Waals surface area (Å²) in [5.74, 6) is 0.926. The number of aryl methyl sites for hydroxylation is 1. The van der Waals surface area contributed by atoms with Gasteiger partial charge in [-0.25, -0.2) is 0 Å². The fraction of sp³-hybridized carbons (Fsp3) is 0.263. The van der Waals surface area contributed by atoms with Crippen LogP contribution in [-0.2, 0) is 0 Å². The van der Waals surface area contributed by atoms with E-state index < -0.39 is 0 Å². The zero-order valence-corrected chi connectivity index (χ0v) is 15.9. The molecule has 0 radical (unpaired) electrons. The molecule has 1 aromatic heterocycles. The molecule has 2 aromatic rings. The number of hydrogen-bond acceptors (Lipinski definition) is 3. The van der Waals surface area contributed by atoms with Gasteiger partial charge < -0.3 is 0 Å². The summed E-state index contributed by atoms with van der Waals surface area (Å²) < 4.78 is 0. The third-order valence-electron chi connectivity index (χ3n) is 4.31. The number of amidine groups is 1. The largest absolute Gasteiger partial charge is 0.292 e. The van der Waals surface area contributed by atoms with Crippen molar-refractivity contribution in [3.8, 4) is 0 Å². The Hall–Kier alpha value is -1.91. The van der Waals surface area contributed by atoms with Crippen LogP contribution in [0.1, 0.15) is 28.5 Å². The molecule has 0 fully saturated rings. The van der Waals surface area contributed by atoms with Crippen molar-refractivity contribution in [1.29, 1.82) is 0 Å². The fourth-order valence-corrected chi connectivity index (χ4v) is 4.20. The number of aliphatic imine (C=N–C) groups is 2. The van der Waals surface area contributed by atoms with Gasteiger partial charge in [0.2, 0.25) is 0 Å². The number of fused-ring (bicyclic) bond motifs is 1. The monoisotopic (exact) mass is 357 g/mol. The van der Waals surface area contributed by atoms with Crippen LogP contribution >= 0.6 is 22.9 Å². The van der Waals surface area contributed by atoms with E-state index in [1.165, 1.54) is 16.0 Å². The molecule has 24 heavy (non-hydrogen) atoms. The van der Waals surface area contributed by atoms with E-state index in [2.05, 4.69) is 30.3 Å². The number of rotatable bonds is 1. The van der Waals surface area contributed by atoms with E-state index in [0.29, 0.717) is 6.54 Å². The normalized spacial score (nSPS) is 15.2. The lowest BCUT2D eigenvalue weighted by atomic mass is 10.00. The van der Waals surface area contributed by atoms with Crippen molar-refractivity contribution in [3.63, 3.8) is 0 Å². The number of hydrogen-bond donors (Lipinski definition) is 0. The summed E-state index contributed by atoms with van der Waals surface area (Å²) in [6, 6.07) is 7.86. The van der Waals surface area contributed by atoms with Gasteiger partial charge in [-0.2, -0.15) is 0 Å². The van der Waals surface area contributed by atoms with Crippen LogP contribution in [0.25, 0.3) is 0 Å². The molecule has 0 bridgehead atoms. The molecule has 0 atom stereocenters. The van der Waals surface area contributed by atoms with Crippen molar-refractivity contribution < 1.29 is 0 Å². The Balaban J connectivity index is 2.25. The Labute approximate surface area is 152 Å². The van der Waals surface area contributed by atoms with Crippen molar-refractivity contribution in [2.75, 3.05) is 18.5 Å². The summed E-state index contributed by atoms with van der Waals surface area (Å²) in [4.78, 5) is 12.7. The van der Waals surface area contributed by atoms with E-state index in [9.17, 15) is 0 Å². The molecule has 3 rings (SSSR count). The van der Waals surface area contributed by atoms with Crippen LogP contribution in [0.5, 0.6) is 0 Å². The average Bonchev–Trinajstić information content (AvgIpc) is 2.76. The Kier molecular flexibility index (Phi) is 4.61. The lowest BCUT2D eigenvalue weighted by Crippen LogP contribution is -2.28. The van der Waals surface area contributed by atoms with Crippen molar-refractivity contribution in [1.82, 2.24) is 0 Å². The van der Waals surface area contributed by atoms with Gasteiger partial charge in [0.05, 0.1) is 12.3 Å². The molecule has 0 saturated carbocycles. The second-order valence-corrected chi connectivity index (χ2v) is 7.45. The van der Waals surface area contributed by atoms with Gasteiger partial charge in [-0.15, -0.1) is 11.3 Å². The van der Waals surface area contributed by atoms with E-state index in [-0.39, 0.29) is 0 Å². The maximum absolute atomic E-state index is 6.05. The highest BCUT2D eigenvalue weighted by molar-refractivity contribution is 7.17. The van der Waals surface area contributed by atoms with Crippen LogP contribution in [0, 0.1) is 13.8 Å². The van der Waals surface area contributed by atoms with Crippen molar-refractivity contribution in [2.24, 2.45) is 9.98 Å². The maximum atomic E-state index is 6.05. The van der Waals surface area contributed by atoms with E-state index in [1.807, 2.05) is 38.2 Å². The standard InChI is InChI=1S/C19H20ClN3S/c1-11-10-22-18(15-6-8-16(20)9-7-15)17-12(2)13(3)24-19(17)23(11)14(4)21-5/h6-9H,1,10H2,2-5H3. The topological polar surface area (TPSA) is 28.0 Å². The summed E-state index contributed by atoms with van der Waals surface area (Å²) in [5.41, 5.74) is 5.43. The van der Waals surface area contributed by atoms with E-state index in [0.717, 1.165) is 32.8 Å². The first-order valence-electron chi connectivity index (χ1n) is 7.76. The highest BCUT2D eigenvalue weighted by atomic mass is 35.5. The molecule has 2 heterocycles. The van der Waals surface area contributed by atoms with Gasteiger partial charge in [0.25, 0.3) is 0 Å². The van der Waals surface area contributed by atoms with Crippen LogP contribution in [0.2, 0.25) is 5.02 Å². The SMILES string of the molecule is C=C1CN=C(c2ccc(Cl)cc2)c2c(sc(C)c2C)N1C(C)=NC. The van der Waals surface area contributed by atoms with E-state index in [1.54, 1.807) is 11.3 Å². The molecule has 0 amide bonds.